The molecule has 106 valence electrons. The number of amides is 1. The van der Waals surface area contributed by atoms with Crippen molar-refractivity contribution in [3.63, 3.8) is 0 Å². The van der Waals surface area contributed by atoms with Crippen LogP contribution in [0.25, 0.3) is 0 Å². The highest BCUT2D eigenvalue weighted by Gasteiger charge is 2.25. The monoisotopic (exact) mass is 282 g/mol. The van der Waals surface area contributed by atoms with Gasteiger partial charge in [0.25, 0.3) is 0 Å². The molecule has 1 aromatic heterocycles. The topological polar surface area (TPSA) is 48.5 Å². The summed E-state index contributed by atoms with van der Waals surface area (Å²) < 4.78 is 0. The van der Waals surface area contributed by atoms with Gasteiger partial charge in [0.15, 0.2) is 5.13 Å². The lowest BCUT2D eigenvalue weighted by Crippen LogP contribution is -2.51. The fraction of sp³-hybridized carbons (Fsp3) is 0.692. The molecule has 1 aromatic rings. The average Bonchev–Trinajstić information content (AvgIpc) is 2.98. The van der Waals surface area contributed by atoms with Crippen LogP contribution in [-0.4, -0.2) is 55.1 Å². The molecule has 5 nitrogen and oxygen atoms in total. The largest absolute Gasteiger partial charge is 0.345 e. The third kappa shape index (κ3) is 3.67. The minimum atomic E-state index is 0.0614. The van der Waals surface area contributed by atoms with Gasteiger partial charge in [-0.25, -0.2) is 4.98 Å². The van der Waals surface area contributed by atoms with E-state index in [-0.39, 0.29) is 11.8 Å². The van der Waals surface area contributed by atoms with E-state index in [0.717, 1.165) is 44.4 Å². The van der Waals surface area contributed by atoms with Crippen molar-refractivity contribution >= 4 is 22.4 Å². The molecule has 1 N–H and O–H groups in total. The Kier molecular flexibility index (Phi) is 5.15. The highest BCUT2D eigenvalue weighted by atomic mass is 32.1. The minimum Gasteiger partial charge on any atom is -0.345 e. The summed E-state index contributed by atoms with van der Waals surface area (Å²) in [7, 11) is 0. The van der Waals surface area contributed by atoms with Crippen LogP contribution in [-0.2, 0) is 4.79 Å². The van der Waals surface area contributed by atoms with Crippen molar-refractivity contribution in [2.24, 2.45) is 5.92 Å². The number of aromatic nitrogens is 1. The highest BCUT2D eigenvalue weighted by Crippen LogP contribution is 2.19. The molecule has 0 spiro atoms. The van der Waals surface area contributed by atoms with Crippen molar-refractivity contribution in [1.82, 2.24) is 15.2 Å². The maximum absolute atomic E-state index is 12.3. The molecule has 1 atom stereocenters. The van der Waals surface area contributed by atoms with Gasteiger partial charge in [-0.05, 0) is 6.54 Å². The molecule has 2 rings (SSSR count). The summed E-state index contributed by atoms with van der Waals surface area (Å²) in [5.74, 6) is 0.325. The van der Waals surface area contributed by atoms with Crippen LogP contribution >= 0.6 is 11.3 Å². The van der Waals surface area contributed by atoms with Crippen molar-refractivity contribution in [2.45, 2.75) is 13.8 Å². The molecule has 0 radical (unpaired) electrons. The van der Waals surface area contributed by atoms with Crippen molar-refractivity contribution in [3.05, 3.63) is 11.6 Å². The zero-order valence-corrected chi connectivity index (χ0v) is 12.4. The lowest BCUT2D eigenvalue weighted by atomic mass is 10.1. The minimum absolute atomic E-state index is 0.0614. The van der Waals surface area contributed by atoms with E-state index >= 15 is 0 Å². The smallest absolute Gasteiger partial charge is 0.226 e. The third-order valence-electron chi connectivity index (χ3n) is 3.40. The van der Waals surface area contributed by atoms with Crippen LogP contribution < -0.4 is 10.2 Å². The SMILES string of the molecule is CCNCC(C)C(=O)N1CCN(c2nccs2)CC1. The van der Waals surface area contributed by atoms with Crippen molar-refractivity contribution < 1.29 is 4.79 Å². The van der Waals surface area contributed by atoms with Crippen LogP contribution in [0.5, 0.6) is 0 Å². The van der Waals surface area contributed by atoms with Gasteiger partial charge in [0.2, 0.25) is 5.91 Å². The summed E-state index contributed by atoms with van der Waals surface area (Å²) in [5.41, 5.74) is 0. The molecule has 1 amide bonds. The highest BCUT2D eigenvalue weighted by molar-refractivity contribution is 7.13. The molecule has 1 fully saturated rings. The molecule has 0 aliphatic carbocycles. The molecule has 1 saturated heterocycles. The fourth-order valence-corrected chi connectivity index (χ4v) is 2.95. The number of carbonyl (C=O) groups excluding carboxylic acids is 1. The van der Waals surface area contributed by atoms with Crippen molar-refractivity contribution in [1.29, 1.82) is 0 Å². The van der Waals surface area contributed by atoms with Crippen LogP contribution in [0.2, 0.25) is 0 Å². The molecule has 6 heteroatoms. The number of nitrogens with one attached hydrogen (secondary N) is 1. The maximum Gasteiger partial charge on any atom is 0.226 e. The van der Waals surface area contributed by atoms with Gasteiger partial charge in [-0.2, -0.15) is 0 Å². The van der Waals surface area contributed by atoms with E-state index < -0.39 is 0 Å². The van der Waals surface area contributed by atoms with E-state index in [9.17, 15) is 4.79 Å². The predicted octanol–water partition coefficient (Wildman–Crippen LogP) is 1.04. The summed E-state index contributed by atoms with van der Waals surface area (Å²) in [6.07, 6.45) is 1.83. The third-order valence-corrected chi connectivity index (χ3v) is 4.24. The molecule has 0 aromatic carbocycles. The lowest BCUT2D eigenvalue weighted by molar-refractivity contribution is -0.135. The Morgan fingerprint density at radius 1 is 1.47 bits per heavy atom. The number of hydrogen-bond acceptors (Lipinski definition) is 5. The van der Waals surface area contributed by atoms with Crippen LogP contribution in [0.1, 0.15) is 13.8 Å². The summed E-state index contributed by atoms with van der Waals surface area (Å²) in [6.45, 7) is 9.10. The van der Waals surface area contributed by atoms with E-state index in [0.29, 0.717) is 0 Å². The van der Waals surface area contributed by atoms with Crippen molar-refractivity contribution in [2.75, 3.05) is 44.2 Å². The zero-order valence-electron chi connectivity index (χ0n) is 11.6. The summed E-state index contributed by atoms with van der Waals surface area (Å²) in [4.78, 5) is 20.8. The number of anilines is 1. The first-order valence-corrected chi connectivity index (χ1v) is 7.74. The van der Waals surface area contributed by atoms with E-state index in [1.165, 1.54) is 0 Å². The van der Waals surface area contributed by atoms with Crippen molar-refractivity contribution in [3.8, 4) is 0 Å². The average molecular weight is 282 g/mol. The standard InChI is InChI=1S/C13H22N4OS/c1-3-14-10-11(2)12(18)16-5-7-17(8-6-16)13-15-4-9-19-13/h4,9,11,14H,3,5-8,10H2,1-2H3. The zero-order chi connectivity index (χ0) is 13.7. The number of rotatable bonds is 5. The molecule has 19 heavy (non-hydrogen) atoms. The Bertz CT molecular complexity index is 387. The summed E-state index contributed by atoms with van der Waals surface area (Å²) in [6, 6.07) is 0. The predicted molar refractivity (Wildman–Crippen MR) is 78.6 cm³/mol. The lowest BCUT2D eigenvalue weighted by Gasteiger charge is -2.35. The Morgan fingerprint density at radius 3 is 2.79 bits per heavy atom. The molecule has 0 saturated carbocycles. The van der Waals surface area contributed by atoms with E-state index in [2.05, 4.69) is 22.1 Å². The molecule has 1 aliphatic rings. The first-order chi connectivity index (χ1) is 9.22. The normalized spacial score (nSPS) is 17.6. The molecule has 2 heterocycles. The molecule has 1 aliphatic heterocycles. The van der Waals surface area contributed by atoms with Crippen LogP contribution in [0.15, 0.2) is 11.6 Å². The number of thiazole rings is 1. The number of hydrogen-bond donors (Lipinski definition) is 1. The van der Waals surface area contributed by atoms with E-state index in [1.54, 1.807) is 11.3 Å². The quantitative estimate of drug-likeness (QED) is 0.876. The van der Waals surface area contributed by atoms with Crippen LogP contribution in [0.4, 0.5) is 5.13 Å². The fourth-order valence-electron chi connectivity index (χ4n) is 2.25. The number of piperazine rings is 1. The molecular formula is C13H22N4OS. The van der Waals surface area contributed by atoms with Crippen LogP contribution in [0.3, 0.4) is 0 Å². The Labute approximate surface area is 118 Å². The van der Waals surface area contributed by atoms with Gasteiger partial charge in [0, 0.05) is 50.2 Å². The maximum atomic E-state index is 12.3. The van der Waals surface area contributed by atoms with Gasteiger partial charge < -0.3 is 15.1 Å². The van der Waals surface area contributed by atoms with Gasteiger partial charge in [-0.3, -0.25) is 4.79 Å². The van der Waals surface area contributed by atoms with Gasteiger partial charge >= 0.3 is 0 Å². The van der Waals surface area contributed by atoms with Crippen LogP contribution in [0, 0.1) is 5.92 Å². The second-order valence-corrected chi connectivity index (χ2v) is 5.71. The summed E-state index contributed by atoms with van der Waals surface area (Å²) in [5, 5.41) is 6.29. The van der Waals surface area contributed by atoms with Gasteiger partial charge in [0.1, 0.15) is 0 Å². The Balaban J connectivity index is 1.81. The number of nitrogens with zero attached hydrogens (tertiary/aromatic N) is 3. The second-order valence-electron chi connectivity index (χ2n) is 4.84. The van der Waals surface area contributed by atoms with Gasteiger partial charge in [0.05, 0.1) is 0 Å². The van der Waals surface area contributed by atoms with E-state index in [4.69, 9.17) is 0 Å². The first-order valence-electron chi connectivity index (χ1n) is 6.86. The van der Waals surface area contributed by atoms with Gasteiger partial charge in [-0.1, -0.05) is 13.8 Å². The second kappa shape index (κ2) is 6.86. The van der Waals surface area contributed by atoms with Gasteiger partial charge in [-0.15, -0.1) is 11.3 Å². The molecular weight excluding hydrogens is 260 g/mol. The van der Waals surface area contributed by atoms with E-state index in [1.807, 2.05) is 23.4 Å². The Morgan fingerprint density at radius 2 is 2.21 bits per heavy atom. The molecule has 0 bridgehead atoms. The number of carbonyl (C=O) groups is 1. The Hall–Kier alpha value is -1.14. The molecule has 1 unspecified atom stereocenters. The first kappa shape index (κ1) is 14.3. The summed E-state index contributed by atoms with van der Waals surface area (Å²) >= 11 is 1.66.